The molecular formula is C17H37N2OP. The third kappa shape index (κ3) is 5.62. The molecule has 0 N–H and O–H groups in total. The molecule has 3 nitrogen and oxygen atoms in total. The summed E-state index contributed by atoms with van der Waals surface area (Å²) in [6.45, 7) is 23.7. The zero-order chi connectivity index (χ0) is 17.1. The van der Waals surface area contributed by atoms with E-state index in [-0.39, 0.29) is 5.41 Å². The normalized spacial score (nSPS) is 13.8. The van der Waals surface area contributed by atoms with Gasteiger partial charge in [0.2, 0.25) is 0 Å². The first-order chi connectivity index (χ1) is 9.32. The fraction of sp³-hybridized carbons (Fsp3) is 0.941. The van der Waals surface area contributed by atoms with Gasteiger partial charge in [0.1, 0.15) is 8.22 Å². The molecule has 0 unspecified atom stereocenters. The van der Waals surface area contributed by atoms with E-state index in [1.54, 1.807) is 0 Å². The minimum Gasteiger partial charge on any atom is -0.291 e. The predicted molar refractivity (Wildman–Crippen MR) is 95.6 cm³/mol. The highest BCUT2D eigenvalue weighted by molar-refractivity contribution is 7.70. The number of rotatable bonds is 7. The minimum atomic E-state index is -0.967. The van der Waals surface area contributed by atoms with Crippen molar-refractivity contribution in [2.75, 3.05) is 0 Å². The van der Waals surface area contributed by atoms with Gasteiger partial charge in [-0.25, -0.2) is 0 Å². The summed E-state index contributed by atoms with van der Waals surface area (Å²) < 4.78 is 4.84. The van der Waals surface area contributed by atoms with Gasteiger partial charge in [-0.2, -0.15) is 0 Å². The zero-order valence-electron chi connectivity index (χ0n) is 16.1. The lowest BCUT2D eigenvalue weighted by Gasteiger charge is -2.47. The van der Waals surface area contributed by atoms with Crippen molar-refractivity contribution in [2.45, 2.75) is 100 Å². The molecule has 0 amide bonds. The van der Waals surface area contributed by atoms with Gasteiger partial charge in [-0.15, -0.1) is 0 Å². The largest absolute Gasteiger partial charge is 0.291 e. The molecule has 0 fully saturated rings. The van der Waals surface area contributed by atoms with Crippen molar-refractivity contribution in [3.63, 3.8) is 0 Å². The molecule has 0 rings (SSSR count). The van der Waals surface area contributed by atoms with E-state index in [0.717, 1.165) is 0 Å². The second kappa shape index (κ2) is 8.04. The molecule has 4 heteroatoms. The molecule has 0 heterocycles. The maximum atomic E-state index is 13.2. The summed E-state index contributed by atoms with van der Waals surface area (Å²) in [7, 11) is -0.967. The highest BCUT2D eigenvalue weighted by atomic mass is 31.1. The summed E-state index contributed by atoms with van der Waals surface area (Å²) in [6, 6.07) is 1.45. The molecule has 21 heavy (non-hydrogen) atoms. The van der Waals surface area contributed by atoms with Crippen LogP contribution < -0.4 is 0 Å². The highest BCUT2D eigenvalue weighted by Crippen LogP contribution is 2.54. The van der Waals surface area contributed by atoms with E-state index in [4.69, 9.17) is 0 Å². The van der Waals surface area contributed by atoms with Gasteiger partial charge in [-0.1, -0.05) is 20.8 Å². The Hall–Kier alpha value is 0.0200. The van der Waals surface area contributed by atoms with Crippen LogP contribution in [-0.2, 0) is 4.79 Å². The molecule has 0 saturated carbocycles. The summed E-state index contributed by atoms with van der Waals surface area (Å²) in [5, 5.41) is 0. The van der Waals surface area contributed by atoms with Crippen LogP contribution in [0.25, 0.3) is 0 Å². The number of carbonyl (C=O) groups is 1. The van der Waals surface area contributed by atoms with Gasteiger partial charge in [0.05, 0.1) is 0 Å². The smallest absolute Gasteiger partial charge is 0.190 e. The predicted octanol–water partition coefficient (Wildman–Crippen LogP) is 5.11. The molecule has 0 aliphatic carbocycles. The van der Waals surface area contributed by atoms with Crippen LogP contribution in [-0.4, -0.2) is 39.0 Å². The van der Waals surface area contributed by atoms with Gasteiger partial charge < -0.3 is 0 Å². The number of hydrogen-bond donors (Lipinski definition) is 0. The molecule has 0 spiro atoms. The molecule has 0 atom stereocenters. The van der Waals surface area contributed by atoms with Crippen LogP contribution in [0.4, 0.5) is 0 Å². The molecule has 0 aromatic heterocycles. The average molecular weight is 316 g/mol. The van der Waals surface area contributed by atoms with Crippen molar-refractivity contribution in [3.8, 4) is 0 Å². The fourth-order valence-electron chi connectivity index (χ4n) is 2.70. The quantitative estimate of drug-likeness (QED) is 0.610. The van der Waals surface area contributed by atoms with Crippen molar-refractivity contribution in [1.82, 2.24) is 9.34 Å². The van der Waals surface area contributed by atoms with Gasteiger partial charge in [-0.05, 0) is 55.4 Å². The average Bonchev–Trinajstić information content (AvgIpc) is 2.23. The Morgan fingerprint density at radius 3 is 1.10 bits per heavy atom. The molecule has 0 bridgehead atoms. The number of nitrogens with zero attached hydrogens (tertiary/aromatic N) is 2. The van der Waals surface area contributed by atoms with E-state index in [1.807, 2.05) is 20.8 Å². The maximum absolute atomic E-state index is 13.2. The van der Waals surface area contributed by atoms with Crippen molar-refractivity contribution in [2.24, 2.45) is 5.41 Å². The van der Waals surface area contributed by atoms with Crippen LogP contribution in [0.1, 0.15) is 76.2 Å². The van der Waals surface area contributed by atoms with E-state index in [9.17, 15) is 4.79 Å². The molecule has 126 valence electrons. The van der Waals surface area contributed by atoms with Gasteiger partial charge >= 0.3 is 0 Å². The Balaban J connectivity index is 5.92. The topological polar surface area (TPSA) is 23.6 Å². The maximum Gasteiger partial charge on any atom is 0.190 e. The minimum absolute atomic E-state index is 0.310. The highest BCUT2D eigenvalue weighted by Gasteiger charge is 2.42. The standard InChI is InChI=1S/C17H37N2OP/c1-12(2)18(13(3)4)21(16(20)17(9,10)11)19(14(5)6)15(7)8/h12-15H,1-11H3. The van der Waals surface area contributed by atoms with Crippen LogP contribution in [0.15, 0.2) is 0 Å². The summed E-state index contributed by atoms with van der Waals surface area (Å²) in [4.78, 5) is 13.2. The monoisotopic (exact) mass is 316 g/mol. The lowest BCUT2D eigenvalue weighted by atomic mass is 9.99. The van der Waals surface area contributed by atoms with E-state index >= 15 is 0 Å². The van der Waals surface area contributed by atoms with Crippen LogP contribution >= 0.6 is 8.22 Å². The first-order valence-electron chi connectivity index (χ1n) is 8.23. The fourth-order valence-corrected chi connectivity index (χ4v) is 5.70. The lowest BCUT2D eigenvalue weighted by molar-refractivity contribution is -0.119. The van der Waals surface area contributed by atoms with Gasteiger partial charge in [0, 0.05) is 29.6 Å². The number of hydrogen-bond acceptors (Lipinski definition) is 3. The van der Waals surface area contributed by atoms with E-state index in [2.05, 4.69) is 64.7 Å². The second-order valence-electron chi connectivity index (χ2n) is 7.98. The van der Waals surface area contributed by atoms with Crippen molar-refractivity contribution in [1.29, 1.82) is 0 Å². The summed E-state index contributed by atoms with van der Waals surface area (Å²) in [5.41, 5.74) is 0.0674. The third-order valence-corrected chi connectivity index (χ3v) is 7.13. The van der Waals surface area contributed by atoms with Crippen LogP contribution in [0.3, 0.4) is 0 Å². The van der Waals surface area contributed by atoms with E-state index in [0.29, 0.717) is 29.7 Å². The first-order valence-corrected chi connectivity index (χ1v) is 9.48. The molecule has 0 aromatic carbocycles. The number of carbonyl (C=O) groups excluding carboxylic acids is 1. The second-order valence-corrected chi connectivity index (χ2v) is 9.89. The van der Waals surface area contributed by atoms with Crippen LogP contribution in [0.5, 0.6) is 0 Å². The van der Waals surface area contributed by atoms with Crippen molar-refractivity contribution < 1.29 is 4.79 Å². The lowest BCUT2D eigenvalue weighted by Crippen LogP contribution is -2.46. The van der Waals surface area contributed by atoms with Crippen molar-refractivity contribution in [3.05, 3.63) is 0 Å². The SMILES string of the molecule is CC(C)N(C(C)C)P(C(=O)C(C)(C)C)N(C(C)C)C(C)C. The Labute approximate surface area is 134 Å². The summed E-state index contributed by atoms with van der Waals surface area (Å²) in [6.07, 6.45) is 0. The molecule has 0 radical (unpaired) electrons. The zero-order valence-corrected chi connectivity index (χ0v) is 17.0. The Morgan fingerprint density at radius 1 is 0.714 bits per heavy atom. The van der Waals surface area contributed by atoms with Gasteiger partial charge in [0.15, 0.2) is 5.52 Å². The van der Waals surface area contributed by atoms with Crippen LogP contribution in [0, 0.1) is 5.41 Å². The van der Waals surface area contributed by atoms with E-state index < -0.39 is 8.22 Å². The van der Waals surface area contributed by atoms with Gasteiger partial charge in [-0.3, -0.25) is 14.1 Å². The first kappa shape index (κ1) is 21.0. The Morgan fingerprint density at radius 2 is 0.952 bits per heavy atom. The molecule has 0 aromatic rings. The van der Waals surface area contributed by atoms with Gasteiger partial charge in [0.25, 0.3) is 0 Å². The van der Waals surface area contributed by atoms with Crippen molar-refractivity contribution >= 4 is 13.7 Å². The molecule has 0 aliphatic heterocycles. The summed E-state index contributed by atoms with van der Waals surface area (Å²) >= 11 is 0. The Kier molecular flexibility index (Phi) is 8.04. The third-order valence-electron chi connectivity index (χ3n) is 3.38. The van der Waals surface area contributed by atoms with E-state index in [1.165, 1.54) is 0 Å². The molecule has 0 saturated heterocycles. The molecule has 0 aliphatic rings. The summed E-state index contributed by atoms with van der Waals surface area (Å²) in [5.74, 6) is 0. The molecular weight excluding hydrogens is 279 g/mol. The van der Waals surface area contributed by atoms with Crippen LogP contribution in [0.2, 0.25) is 0 Å². The Bertz CT molecular complexity index is 296.